The van der Waals surface area contributed by atoms with E-state index in [4.69, 9.17) is 4.98 Å². The van der Waals surface area contributed by atoms with Crippen molar-refractivity contribution >= 4 is 17.4 Å². The van der Waals surface area contributed by atoms with Gasteiger partial charge < -0.3 is 14.9 Å². The first-order chi connectivity index (χ1) is 17.2. The second kappa shape index (κ2) is 8.68. The Labute approximate surface area is 208 Å². The standard InChI is InChI=1S/C26H28N8O2/c1-16-9-21(31-30-16)18-10-20(24-19(11-27)13-29-34(24)14-18)17-5-6-23(28-12-17)32-7-8-33(25(35)36)22(15-32)26(2,3)4/h5-6,9-10,12-14,22H,7-8,15H2,1-4H3,(H,30,31)(H,35,36). The summed E-state index contributed by atoms with van der Waals surface area (Å²) in [5.41, 5.74) is 5.30. The third-order valence-corrected chi connectivity index (χ3v) is 6.74. The average molecular weight is 485 g/mol. The molecule has 10 heteroatoms. The van der Waals surface area contributed by atoms with Gasteiger partial charge in [0.25, 0.3) is 0 Å². The third-order valence-electron chi connectivity index (χ3n) is 6.74. The van der Waals surface area contributed by atoms with E-state index in [9.17, 15) is 15.2 Å². The van der Waals surface area contributed by atoms with Crippen LogP contribution in [0.2, 0.25) is 0 Å². The van der Waals surface area contributed by atoms with Crippen molar-refractivity contribution in [3.63, 3.8) is 0 Å². The van der Waals surface area contributed by atoms with E-state index in [-0.39, 0.29) is 11.5 Å². The number of anilines is 1. The van der Waals surface area contributed by atoms with Crippen molar-refractivity contribution < 1.29 is 9.90 Å². The number of aryl methyl sites for hydroxylation is 1. The van der Waals surface area contributed by atoms with E-state index < -0.39 is 6.09 Å². The molecule has 36 heavy (non-hydrogen) atoms. The number of carboxylic acid groups (broad SMARTS) is 1. The van der Waals surface area contributed by atoms with Crippen molar-refractivity contribution in [2.45, 2.75) is 33.7 Å². The van der Waals surface area contributed by atoms with Gasteiger partial charge in [0.2, 0.25) is 0 Å². The Morgan fingerprint density at radius 3 is 2.61 bits per heavy atom. The lowest BCUT2D eigenvalue weighted by molar-refractivity contribution is 0.0747. The van der Waals surface area contributed by atoms with Crippen molar-refractivity contribution in [1.82, 2.24) is 29.7 Å². The number of rotatable bonds is 3. The highest BCUT2D eigenvalue weighted by Crippen LogP contribution is 2.33. The minimum atomic E-state index is -0.886. The number of hydrogen-bond acceptors (Lipinski definition) is 6. The number of carbonyl (C=O) groups is 1. The Kier molecular flexibility index (Phi) is 5.63. The normalized spacial score (nSPS) is 16.4. The predicted molar refractivity (Wildman–Crippen MR) is 136 cm³/mol. The average Bonchev–Trinajstić information content (AvgIpc) is 3.48. The zero-order chi connectivity index (χ0) is 25.6. The molecule has 5 heterocycles. The number of aromatic amines is 1. The fraction of sp³-hybridized carbons (Fsp3) is 0.346. The Bertz CT molecular complexity index is 1470. The molecule has 4 aromatic heterocycles. The minimum absolute atomic E-state index is 0.149. The predicted octanol–water partition coefficient (Wildman–Crippen LogP) is 4.18. The van der Waals surface area contributed by atoms with Crippen LogP contribution in [0.15, 0.2) is 42.9 Å². The molecule has 0 aromatic carbocycles. The van der Waals surface area contributed by atoms with E-state index in [0.29, 0.717) is 30.7 Å². The molecule has 184 valence electrons. The van der Waals surface area contributed by atoms with E-state index in [1.807, 2.05) is 37.4 Å². The fourth-order valence-corrected chi connectivity index (χ4v) is 4.82. The summed E-state index contributed by atoms with van der Waals surface area (Å²) in [6.07, 6.45) is 4.34. The molecule has 0 bridgehead atoms. The van der Waals surface area contributed by atoms with Gasteiger partial charge in [-0.15, -0.1) is 0 Å². The molecule has 0 radical (unpaired) electrons. The summed E-state index contributed by atoms with van der Waals surface area (Å²) in [7, 11) is 0. The van der Waals surface area contributed by atoms with Crippen LogP contribution in [0, 0.1) is 23.7 Å². The van der Waals surface area contributed by atoms with E-state index >= 15 is 0 Å². The second-order valence-electron chi connectivity index (χ2n) is 10.3. The summed E-state index contributed by atoms with van der Waals surface area (Å²) < 4.78 is 1.71. The van der Waals surface area contributed by atoms with Crippen LogP contribution in [0.4, 0.5) is 10.6 Å². The lowest BCUT2D eigenvalue weighted by atomic mass is 9.84. The molecule has 0 aliphatic carbocycles. The topological polar surface area (TPSA) is 126 Å². The summed E-state index contributed by atoms with van der Waals surface area (Å²) in [5.74, 6) is 0.794. The van der Waals surface area contributed by atoms with Crippen LogP contribution < -0.4 is 4.90 Å². The number of nitriles is 1. The van der Waals surface area contributed by atoms with Crippen molar-refractivity contribution in [1.29, 1.82) is 5.26 Å². The molecule has 1 fully saturated rings. The highest BCUT2D eigenvalue weighted by atomic mass is 16.4. The molecule has 1 saturated heterocycles. The van der Waals surface area contributed by atoms with Crippen LogP contribution in [0.3, 0.4) is 0 Å². The van der Waals surface area contributed by atoms with Crippen LogP contribution in [-0.2, 0) is 0 Å². The maximum absolute atomic E-state index is 11.8. The highest BCUT2D eigenvalue weighted by molar-refractivity contribution is 5.87. The smallest absolute Gasteiger partial charge is 0.407 e. The SMILES string of the molecule is Cc1cc(-c2cc(-c3ccc(N4CCN(C(=O)O)C(C(C)(C)C)C4)nc3)c3c(C#N)cnn3c2)n[nH]1. The molecule has 0 spiro atoms. The van der Waals surface area contributed by atoms with Gasteiger partial charge in [-0.3, -0.25) is 5.10 Å². The van der Waals surface area contributed by atoms with Gasteiger partial charge in [-0.05, 0) is 36.6 Å². The zero-order valence-electron chi connectivity index (χ0n) is 20.7. The number of nitrogens with zero attached hydrogens (tertiary/aromatic N) is 7. The first kappa shape index (κ1) is 23.4. The van der Waals surface area contributed by atoms with E-state index in [1.165, 1.54) is 4.90 Å². The molecule has 1 amide bonds. The largest absolute Gasteiger partial charge is 0.465 e. The van der Waals surface area contributed by atoms with E-state index in [2.05, 4.69) is 47.0 Å². The summed E-state index contributed by atoms with van der Waals surface area (Å²) in [4.78, 5) is 20.2. The Morgan fingerprint density at radius 1 is 1.19 bits per heavy atom. The first-order valence-electron chi connectivity index (χ1n) is 11.8. The van der Waals surface area contributed by atoms with Gasteiger partial charge in [0, 0.05) is 54.4 Å². The zero-order valence-corrected chi connectivity index (χ0v) is 20.7. The van der Waals surface area contributed by atoms with Gasteiger partial charge in [0.1, 0.15) is 11.9 Å². The first-order valence-corrected chi connectivity index (χ1v) is 11.8. The lowest BCUT2D eigenvalue weighted by Crippen LogP contribution is -2.59. The van der Waals surface area contributed by atoms with Crippen molar-refractivity contribution in [2.75, 3.05) is 24.5 Å². The molecular formula is C26H28N8O2. The Morgan fingerprint density at radius 2 is 2.00 bits per heavy atom. The quantitative estimate of drug-likeness (QED) is 0.447. The van der Waals surface area contributed by atoms with Gasteiger partial charge in [0.05, 0.1) is 29.0 Å². The molecule has 1 aliphatic heterocycles. The monoisotopic (exact) mass is 484 g/mol. The summed E-state index contributed by atoms with van der Waals surface area (Å²) in [6, 6.07) is 9.99. The lowest BCUT2D eigenvalue weighted by Gasteiger charge is -2.46. The van der Waals surface area contributed by atoms with E-state index in [1.54, 1.807) is 16.9 Å². The highest BCUT2D eigenvalue weighted by Gasteiger charge is 2.38. The second-order valence-corrected chi connectivity index (χ2v) is 10.3. The summed E-state index contributed by atoms with van der Waals surface area (Å²) in [6.45, 7) is 9.70. The van der Waals surface area contributed by atoms with Crippen molar-refractivity contribution in [2.24, 2.45) is 5.41 Å². The Hall–Kier alpha value is -4.39. The van der Waals surface area contributed by atoms with Crippen LogP contribution in [0.5, 0.6) is 0 Å². The molecule has 4 aromatic rings. The van der Waals surface area contributed by atoms with Crippen LogP contribution >= 0.6 is 0 Å². The molecule has 2 N–H and O–H groups in total. The number of nitrogens with one attached hydrogen (secondary N) is 1. The van der Waals surface area contributed by atoms with Gasteiger partial charge in [-0.25, -0.2) is 14.3 Å². The molecule has 10 nitrogen and oxygen atoms in total. The molecule has 1 unspecified atom stereocenters. The maximum atomic E-state index is 11.8. The van der Waals surface area contributed by atoms with Crippen molar-refractivity contribution in [3.05, 3.63) is 54.1 Å². The number of pyridine rings is 2. The van der Waals surface area contributed by atoms with Gasteiger partial charge >= 0.3 is 6.09 Å². The van der Waals surface area contributed by atoms with Crippen molar-refractivity contribution in [3.8, 4) is 28.5 Å². The molecule has 0 saturated carbocycles. The number of fused-ring (bicyclic) bond motifs is 1. The number of aromatic nitrogens is 5. The molecular weight excluding hydrogens is 456 g/mol. The summed E-state index contributed by atoms with van der Waals surface area (Å²) >= 11 is 0. The molecule has 1 aliphatic rings. The van der Waals surface area contributed by atoms with Gasteiger partial charge in [0.15, 0.2) is 0 Å². The number of hydrogen-bond donors (Lipinski definition) is 2. The minimum Gasteiger partial charge on any atom is -0.465 e. The summed E-state index contributed by atoms with van der Waals surface area (Å²) in [5, 5.41) is 31.1. The fourth-order valence-electron chi connectivity index (χ4n) is 4.82. The van der Waals surface area contributed by atoms with Crippen LogP contribution in [0.25, 0.3) is 27.9 Å². The van der Waals surface area contributed by atoms with Gasteiger partial charge in [-0.2, -0.15) is 15.5 Å². The van der Waals surface area contributed by atoms with Gasteiger partial charge in [-0.1, -0.05) is 20.8 Å². The van der Waals surface area contributed by atoms with Crippen LogP contribution in [0.1, 0.15) is 32.0 Å². The maximum Gasteiger partial charge on any atom is 0.407 e. The number of piperazine rings is 1. The Balaban J connectivity index is 1.51. The molecule has 1 atom stereocenters. The third kappa shape index (κ3) is 4.13. The van der Waals surface area contributed by atoms with Crippen LogP contribution in [-0.4, -0.2) is 66.6 Å². The van der Waals surface area contributed by atoms with E-state index in [0.717, 1.165) is 33.9 Å². The molecule has 5 rings (SSSR count). The number of amides is 1. The number of H-pyrrole nitrogens is 1.